The SMILES string of the molecule is CCCCCC1CC2(C=O)C3CCC45CCC#Cc6ccccc6CC(NC)C6CC(CC4(O)C3(O)CC3CC(C(C)C)CCC(C1O)C32O)C5C1=CC(=O)OC16. The zero-order valence-electron chi connectivity index (χ0n) is 34.7. The van der Waals surface area contributed by atoms with E-state index in [4.69, 9.17) is 4.74 Å². The van der Waals surface area contributed by atoms with E-state index in [1.54, 1.807) is 6.08 Å². The van der Waals surface area contributed by atoms with Crippen LogP contribution in [-0.4, -0.2) is 74.8 Å². The van der Waals surface area contributed by atoms with Crippen molar-refractivity contribution in [3.63, 3.8) is 0 Å². The number of nitrogens with one attached hydrogen (secondary N) is 1. The monoisotopic (exact) mass is 781 g/mol. The molecule has 8 nitrogen and oxygen atoms in total. The molecule has 9 rings (SSSR count). The van der Waals surface area contributed by atoms with Crippen molar-refractivity contribution in [2.24, 2.45) is 64.1 Å². The van der Waals surface area contributed by atoms with E-state index in [1.807, 2.05) is 13.1 Å². The fraction of sp³-hybridized carbons (Fsp3) is 0.755. The summed E-state index contributed by atoms with van der Waals surface area (Å²) in [7, 11) is 1.98. The Kier molecular flexibility index (Phi) is 10.0. The number of ether oxygens (including phenoxy) is 1. The van der Waals surface area contributed by atoms with Gasteiger partial charge < -0.3 is 35.3 Å². The molecule has 1 aliphatic heterocycles. The fourth-order valence-electron chi connectivity index (χ4n) is 16.0. The lowest BCUT2D eigenvalue weighted by atomic mass is 9.35. The number of hydrogen-bond acceptors (Lipinski definition) is 8. The number of rotatable bonds is 7. The number of carbonyl (C=O) groups is 2. The third-order valence-electron chi connectivity index (χ3n) is 18.4. The summed E-state index contributed by atoms with van der Waals surface area (Å²) in [6.45, 7) is 6.62. The van der Waals surface area contributed by atoms with Crippen LogP contribution in [0.3, 0.4) is 0 Å². The van der Waals surface area contributed by atoms with E-state index < -0.39 is 57.6 Å². The van der Waals surface area contributed by atoms with Crippen LogP contribution >= 0.6 is 0 Å². The Morgan fingerprint density at radius 1 is 1.04 bits per heavy atom. The number of carbonyl (C=O) groups excluding carboxylic acids is 2. The van der Waals surface area contributed by atoms with Crippen molar-refractivity contribution in [2.45, 2.75) is 159 Å². The van der Waals surface area contributed by atoms with Gasteiger partial charge in [-0.15, -0.1) is 0 Å². The van der Waals surface area contributed by atoms with Gasteiger partial charge in [0.05, 0.1) is 22.7 Å². The highest BCUT2D eigenvalue weighted by Gasteiger charge is 2.83. The third kappa shape index (κ3) is 5.43. The molecule has 16 unspecified atom stereocenters. The lowest BCUT2D eigenvalue weighted by molar-refractivity contribution is -0.348. The van der Waals surface area contributed by atoms with Crippen LogP contribution in [0.15, 0.2) is 35.9 Å². The highest BCUT2D eigenvalue weighted by Crippen LogP contribution is 2.77. The number of esters is 1. The highest BCUT2D eigenvalue weighted by molar-refractivity contribution is 5.86. The number of fused-ring (bicyclic) bond motifs is 7. The molecule has 5 N–H and O–H groups in total. The van der Waals surface area contributed by atoms with E-state index in [1.165, 1.54) is 0 Å². The van der Waals surface area contributed by atoms with Crippen molar-refractivity contribution in [1.82, 2.24) is 5.32 Å². The molecule has 6 saturated carbocycles. The molecule has 8 aliphatic rings. The fourth-order valence-corrected chi connectivity index (χ4v) is 16.0. The van der Waals surface area contributed by atoms with Crippen molar-refractivity contribution >= 4 is 12.3 Å². The number of aliphatic hydroxyl groups excluding tert-OH is 1. The van der Waals surface area contributed by atoms with E-state index in [9.17, 15) is 30.0 Å². The van der Waals surface area contributed by atoms with Crippen molar-refractivity contribution in [2.75, 3.05) is 7.05 Å². The predicted molar refractivity (Wildman–Crippen MR) is 217 cm³/mol. The molecule has 1 aromatic rings. The molecule has 0 saturated heterocycles. The second-order valence-electron chi connectivity index (χ2n) is 20.7. The zero-order valence-corrected chi connectivity index (χ0v) is 34.7. The Hall–Kier alpha value is -2.54. The van der Waals surface area contributed by atoms with Crippen LogP contribution in [0.1, 0.15) is 128 Å². The molecule has 1 aromatic carbocycles. The lowest BCUT2D eigenvalue weighted by Crippen LogP contribution is -2.81. The second kappa shape index (κ2) is 14.3. The Labute approximate surface area is 340 Å². The summed E-state index contributed by atoms with van der Waals surface area (Å²) in [6.07, 6.45) is 11.9. The second-order valence-corrected chi connectivity index (χ2v) is 20.7. The molecule has 7 aliphatic carbocycles. The van der Waals surface area contributed by atoms with Crippen LogP contribution in [-0.2, 0) is 20.7 Å². The standard InChI is InChI=1S/C49H67NO7/c1-5-6-7-15-33-25-46(28-51)40-18-20-45-19-11-10-13-30-12-8-9-14-32(30)23-39(50-4)36-22-34(42(45)37-24-41(52)57-44(36)37)26-48(45,55)47(40,54)27-35-21-31(29(2)3)16-17-38(43(33)53)49(35,46)56/h8-9,12,14,24,28-29,31,33-36,38-40,42-44,50,53-56H,5-7,11,15-23,25-27H2,1-4H3. The van der Waals surface area contributed by atoms with Gasteiger partial charge in [-0.05, 0) is 137 Å². The van der Waals surface area contributed by atoms with Crippen molar-refractivity contribution < 1.29 is 34.8 Å². The van der Waals surface area contributed by atoms with Gasteiger partial charge in [-0.3, -0.25) is 0 Å². The molecule has 57 heavy (non-hydrogen) atoms. The van der Waals surface area contributed by atoms with Gasteiger partial charge in [0, 0.05) is 47.3 Å². The number of aldehydes is 1. The quantitative estimate of drug-likeness (QED) is 0.0943. The largest absolute Gasteiger partial charge is 0.454 e. The first kappa shape index (κ1) is 39.9. The summed E-state index contributed by atoms with van der Waals surface area (Å²) >= 11 is 0. The minimum Gasteiger partial charge on any atom is -0.454 e. The summed E-state index contributed by atoms with van der Waals surface area (Å²) < 4.78 is 6.25. The molecule has 6 fully saturated rings. The maximum atomic E-state index is 14.4. The molecule has 0 radical (unpaired) electrons. The van der Waals surface area contributed by atoms with Gasteiger partial charge in [0.1, 0.15) is 18.0 Å². The Balaban J connectivity index is 1.21. The molecular formula is C49H67NO7. The highest BCUT2D eigenvalue weighted by atomic mass is 16.5. The van der Waals surface area contributed by atoms with Crippen LogP contribution in [0.4, 0.5) is 0 Å². The van der Waals surface area contributed by atoms with E-state index >= 15 is 0 Å². The number of aliphatic hydroxyl groups is 4. The van der Waals surface area contributed by atoms with Crippen LogP contribution in [0, 0.1) is 75.9 Å². The van der Waals surface area contributed by atoms with Gasteiger partial charge >= 0.3 is 5.97 Å². The van der Waals surface area contributed by atoms with Crippen LogP contribution < -0.4 is 5.32 Å². The average Bonchev–Trinajstić information content (AvgIpc) is 3.64. The molecule has 0 amide bonds. The van der Waals surface area contributed by atoms with Crippen molar-refractivity contribution in [3.8, 4) is 11.8 Å². The minimum absolute atomic E-state index is 0.0183. The van der Waals surface area contributed by atoms with Crippen LogP contribution in [0.25, 0.3) is 0 Å². The molecule has 0 aromatic heterocycles. The molecule has 310 valence electrons. The predicted octanol–water partition coefficient (Wildman–Crippen LogP) is 6.30. The van der Waals surface area contributed by atoms with E-state index in [0.29, 0.717) is 57.3 Å². The number of benzene rings is 1. The lowest BCUT2D eigenvalue weighted by Gasteiger charge is -2.72. The van der Waals surface area contributed by atoms with E-state index in [0.717, 1.165) is 67.9 Å². The number of unbranched alkanes of at least 4 members (excludes halogenated alkanes) is 2. The first-order chi connectivity index (χ1) is 27.3. The van der Waals surface area contributed by atoms with Gasteiger partial charge in [0.15, 0.2) is 0 Å². The normalized spacial score (nSPS) is 48.2. The molecule has 1 spiro atoms. The van der Waals surface area contributed by atoms with Gasteiger partial charge in [-0.25, -0.2) is 4.79 Å². The maximum absolute atomic E-state index is 14.4. The molecule has 8 heteroatoms. The van der Waals surface area contributed by atoms with Crippen LogP contribution in [0.5, 0.6) is 0 Å². The maximum Gasteiger partial charge on any atom is 0.331 e. The van der Waals surface area contributed by atoms with Gasteiger partial charge in [0.25, 0.3) is 0 Å². The van der Waals surface area contributed by atoms with Gasteiger partial charge in [-0.2, -0.15) is 0 Å². The van der Waals surface area contributed by atoms with E-state index in [2.05, 4.69) is 56.1 Å². The van der Waals surface area contributed by atoms with Crippen molar-refractivity contribution in [3.05, 3.63) is 47.0 Å². The molecule has 1 heterocycles. The number of hydrogen-bond donors (Lipinski definition) is 5. The summed E-state index contributed by atoms with van der Waals surface area (Å²) in [5, 5.41) is 57.7. The Morgan fingerprint density at radius 2 is 1.84 bits per heavy atom. The first-order valence-corrected chi connectivity index (χ1v) is 22.8. The van der Waals surface area contributed by atoms with Gasteiger partial charge in [0.2, 0.25) is 0 Å². The summed E-state index contributed by atoms with van der Waals surface area (Å²) in [6, 6.07) is 8.28. The van der Waals surface area contributed by atoms with Crippen molar-refractivity contribution in [1.29, 1.82) is 0 Å². The smallest absolute Gasteiger partial charge is 0.331 e. The molecule has 4 bridgehead atoms. The molecule has 16 atom stereocenters. The average molecular weight is 782 g/mol. The summed E-state index contributed by atoms with van der Waals surface area (Å²) in [5.41, 5.74) is -3.80. The number of likely N-dealkylation sites (N-methyl/N-ethyl adjacent to an activating group) is 1. The topological polar surface area (TPSA) is 136 Å². The van der Waals surface area contributed by atoms with E-state index in [-0.39, 0.29) is 48.0 Å². The zero-order chi connectivity index (χ0) is 40.1. The molecular weight excluding hydrogens is 715 g/mol. The summed E-state index contributed by atoms with van der Waals surface area (Å²) in [4.78, 5) is 27.7. The first-order valence-electron chi connectivity index (χ1n) is 22.8. The minimum atomic E-state index is -1.68. The Morgan fingerprint density at radius 3 is 2.60 bits per heavy atom. The Bertz CT molecular complexity index is 1850. The third-order valence-corrected chi connectivity index (χ3v) is 18.4. The summed E-state index contributed by atoms with van der Waals surface area (Å²) in [5.74, 6) is 5.23. The van der Waals surface area contributed by atoms with Gasteiger partial charge in [-0.1, -0.05) is 70.1 Å². The van der Waals surface area contributed by atoms with Crippen LogP contribution in [0.2, 0.25) is 0 Å².